The smallest absolute Gasteiger partial charge is 0.223 e. The van der Waals surface area contributed by atoms with E-state index in [1.165, 1.54) is 16.2 Å². The minimum absolute atomic E-state index is 0.0262. The van der Waals surface area contributed by atoms with E-state index >= 15 is 0 Å². The van der Waals surface area contributed by atoms with Crippen molar-refractivity contribution >= 4 is 27.1 Å². The van der Waals surface area contributed by atoms with Gasteiger partial charge in [0.05, 0.1) is 22.2 Å². The van der Waals surface area contributed by atoms with Gasteiger partial charge in [-0.05, 0) is 6.92 Å². The number of carbonyl (C=O) groups is 1. The van der Waals surface area contributed by atoms with Gasteiger partial charge in [-0.15, -0.1) is 11.3 Å². The maximum absolute atomic E-state index is 11.7. The highest BCUT2D eigenvalue weighted by Gasteiger charge is 2.16. The van der Waals surface area contributed by atoms with E-state index in [0.717, 1.165) is 5.01 Å². The SMILES string of the molecule is Cc1nc(CS(=O)(=O)CCC(=O)N(C)C)cs1. The first-order valence-electron chi connectivity index (χ1n) is 5.12. The topological polar surface area (TPSA) is 67.3 Å². The fourth-order valence-electron chi connectivity index (χ4n) is 1.24. The van der Waals surface area contributed by atoms with Crippen LogP contribution < -0.4 is 0 Å². The summed E-state index contributed by atoms with van der Waals surface area (Å²) in [7, 11) is -0.0335. The molecule has 0 saturated carbocycles. The fraction of sp³-hybridized carbons (Fsp3) is 0.600. The molecule has 7 heteroatoms. The lowest BCUT2D eigenvalue weighted by molar-refractivity contribution is -0.128. The van der Waals surface area contributed by atoms with Crippen LogP contribution in [0.4, 0.5) is 0 Å². The average molecular weight is 276 g/mol. The van der Waals surface area contributed by atoms with E-state index in [2.05, 4.69) is 4.98 Å². The van der Waals surface area contributed by atoms with Gasteiger partial charge >= 0.3 is 0 Å². The Kier molecular flexibility index (Phi) is 4.64. The number of carbonyl (C=O) groups excluding carboxylic acids is 1. The molecule has 1 amide bonds. The van der Waals surface area contributed by atoms with Gasteiger partial charge < -0.3 is 4.90 Å². The minimum atomic E-state index is -3.25. The molecule has 0 fully saturated rings. The number of hydrogen-bond donors (Lipinski definition) is 0. The number of aryl methyl sites for hydroxylation is 1. The number of hydrogen-bond acceptors (Lipinski definition) is 5. The number of nitrogens with zero attached hydrogens (tertiary/aromatic N) is 2. The largest absolute Gasteiger partial charge is 0.349 e. The van der Waals surface area contributed by atoms with E-state index in [9.17, 15) is 13.2 Å². The maximum atomic E-state index is 11.7. The van der Waals surface area contributed by atoms with Gasteiger partial charge in [0.25, 0.3) is 0 Å². The molecule has 0 unspecified atom stereocenters. The molecule has 0 aliphatic carbocycles. The fourth-order valence-corrected chi connectivity index (χ4v) is 3.18. The van der Waals surface area contributed by atoms with E-state index in [4.69, 9.17) is 0 Å². The van der Waals surface area contributed by atoms with Crippen LogP contribution in [-0.4, -0.2) is 44.1 Å². The molecule has 0 N–H and O–H groups in total. The lowest BCUT2D eigenvalue weighted by atomic mass is 10.4. The highest BCUT2D eigenvalue weighted by molar-refractivity contribution is 7.90. The summed E-state index contributed by atoms with van der Waals surface area (Å²) in [6.45, 7) is 1.83. The number of aromatic nitrogens is 1. The summed E-state index contributed by atoms with van der Waals surface area (Å²) >= 11 is 1.42. The van der Waals surface area contributed by atoms with Gasteiger partial charge in [-0.2, -0.15) is 0 Å². The van der Waals surface area contributed by atoms with Crippen LogP contribution in [0.25, 0.3) is 0 Å². The molecule has 17 heavy (non-hydrogen) atoms. The number of amides is 1. The summed E-state index contributed by atoms with van der Waals surface area (Å²) in [6.07, 6.45) is 0.0262. The highest BCUT2D eigenvalue weighted by atomic mass is 32.2. The van der Waals surface area contributed by atoms with E-state index in [1.54, 1.807) is 19.5 Å². The third kappa shape index (κ3) is 4.82. The summed E-state index contributed by atoms with van der Waals surface area (Å²) in [5.41, 5.74) is 0.560. The van der Waals surface area contributed by atoms with E-state index in [-0.39, 0.29) is 23.8 Å². The Bertz CT molecular complexity index is 491. The van der Waals surface area contributed by atoms with Crippen LogP contribution in [-0.2, 0) is 20.4 Å². The molecule has 1 rings (SSSR count). The molecule has 1 aromatic rings. The van der Waals surface area contributed by atoms with Crippen molar-refractivity contribution in [2.75, 3.05) is 19.8 Å². The third-order valence-corrected chi connectivity index (χ3v) is 4.54. The van der Waals surface area contributed by atoms with Crippen LogP contribution in [0.3, 0.4) is 0 Å². The van der Waals surface area contributed by atoms with Crippen molar-refractivity contribution in [1.29, 1.82) is 0 Å². The summed E-state index contributed by atoms with van der Waals surface area (Å²) in [5.74, 6) is -0.387. The summed E-state index contributed by atoms with van der Waals surface area (Å²) in [6, 6.07) is 0. The van der Waals surface area contributed by atoms with Gasteiger partial charge in [0.2, 0.25) is 5.91 Å². The average Bonchev–Trinajstić information content (AvgIpc) is 2.59. The summed E-state index contributed by atoms with van der Waals surface area (Å²) in [5, 5.41) is 2.58. The molecule has 0 aliphatic rings. The lowest BCUT2D eigenvalue weighted by Crippen LogP contribution is -2.24. The standard InChI is InChI=1S/C10H16N2O3S2/c1-8-11-9(6-16-8)7-17(14,15)5-4-10(13)12(2)3/h6H,4-5,7H2,1-3H3. The number of rotatable bonds is 5. The van der Waals surface area contributed by atoms with Gasteiger partial charge in [-0.3, -0.25) is 4.79 Å². The Morgan fingerprint density at radius 3 is 2.59 bits per heavy atom. The molecule has 5 nitrogen and oxygen atoms in total. The Morgan fingerprint density at radius 2 is 2.12 bits per heavy atom. The van der Waals surface area contributed by atoms with Gasteiger partial charge in [0, 0.05) is 25.9 Å². The normalized spacial score (nSPS) is 11.5. The minimum Gasteiger partial charge on any atom is -0.349 e. The van der Waals surface area contributed by atoms with E-state index in [1.807, 2.05) is 6.92 Å². The van der Waals surface area contributed by atoms with Crippen molar-refractivity contribution in [3.8, 4) is 0 Å². The predicted molar refractivity (Wildman–Crippen MR) is 67.7 cm³/mol. The van der Waals surface area contributed by atoms with Crippen LogP contribution in [0.5, 0.6) is 0 Å². The first-order valence-corrected chi connectivity index (χ1v) is 7.82. The van der Waals surface area contributed by atoms with Crippen molar-refractivity contribution in [1.82, 2.24) is 9.88 Å². The molecule has 0 radical (unpaired) electrons. The number of thiazole rings is 1. The summed E-state index contributed by atoms with van der Waals surface area (Å²) < 4.78 is 23.5. The second kappa shape index (κ2) is 5.59. The molecular formula is C10H16N2O3S2. The van der Waals surface area contributed by atoms with Crippen LogP contribution in [0.1, 0.15) is 17.1 Å². The lowest BCUT2D eigenvalue weighted by Gasteiger charge is -2.09. The molecule has 0 aliphatic heterocycles. The molecule has 0 aromatic carbocycles. The second-order valence-electron chi connectivity index (χ2n) is 3.99. The van der Waals surface area contributed by atoms with E-state index < -0.39 is 9.84 Å². The third-order valence-electron chi connectivity index (χ3n) is 2.16. The maximum Gasteiger partial charge on any atom is 0.223 e. The first kappa shape index (κ1) is 14.1. The Morgan fingerprint density at radius 1 is 1.47 bits per heavy atom. The van der Waals surface area contributed by atoms with Crippen molar-refractivity contribution < 1.29 is 13.2 Å². The number of sulfone groups is 1. The first-order chi connectivity index (χ1) is 7.80. The van der Waals surface area contributed by atoms with Crippen molar-refractivity contribution in [3.05, 3.63) is 16.1 Å². The van der Waals surface area contributed by atoms with Gasteiger partial charge in [0.1, 0.15) is 0 Å². The molecule has 96 valence electrons. The summed E-state index contributed by atoms with van der Waals surface area (Å²) in [4.78, 5) is 16.8. The Hall–Kier alpha value is -0.950. The molecule has 0 atom stereocenters. The van der Waals surface area contributed by atoms with E-state index in [0.29, 0.717) is 5.69 Å². The molecule has 0 spiro atoms. The van der Waals surface area contributed by atoms with Crippen LogP contribution in [0, 0.1) is 6.92 Å². The zero-order valence-electron chi connectivity index (χ0n) is 10.1. The second-order valence-corrected chi connectivity index (χ2v) is 7.23. The molecule has 1 heterocycles. The van der Waals surface area contributed by atoms with Crippen molar-refractivity contribution in [2.45, 2.75) is 19.1 Å². The van der Waals surface area contributed by atoms with Gasteiger partial charge in [-0.25, -0.2) is 13.4 Å². The molecule has 1 aromatic heterocycles. The Balaban J connectivity index is 2.55. The van der Waals surface area contributed by atoms with Gasteiger partial charge in [0.15, 0.2) is 9.84 Å². The zero-order valence-corrected chi connectivity index (χ0v) is 11.8. The van der Waals surface area contributed by atoms with Crippen LogP contribution in [0.15, 0.2) is 5.38 Å². The quantitative estimate of drug-likeness (QED) is 0.799. The van der Waals surface area contributed by atoms with Crippen molar-refractivity contribution in [2.24, 2.45) is 0 Å². The molecule has 0 saturated heterocycles. The van der Waals surface area contributed by atoms with Crippen LogP contribution >= 0.6 is 11.3 Å². The Labute approximate surface area is 105 Å². The highest BCUT2D eigenvalue weighted by Crippen LogP contribution is 2.12. The monoisotopic (exact) mass is 276 g/mol. The van der Waals surface area contributed by atoms with Gasteiger partial charge in [-0.1, -0.05) is 0 Å². The van der Waals surface area contributed by atoms with Crippen molar-refractivity contribution in [3.63, 3.8) is 0 Å². The molecular weight excluding hydrogens is 260 g/mol. The predicted octanol–water partition coefficient (Wildman–Crippen LogP) is 0.845. The zero-order chi connectivity index (χ0) is 13.1. The molecule has 0 bridgehead atoms. The van der Waals surface area contributed by atoms with Crippen LogP contribution in [0.2, 0.25) is 0 Å².